The highest BCUT2D eigenvalue weighted by atomic mass is 19.1. The van der Waals surface area contributed by atoms with Crippen molar-refractivity contribution in [3.8, 4) is 0 Å². The summed E-state index contributed by atoms with van der Waals surface area (Å²) in [5.41, 5.74) is 4.96. The van der Waals surface area contributed by atoms with Crippen molar-refractivity contribution < 1.29 is 18.7 Å². The second kappa shape index (κ2) is 4.79. The van der Waals surface area contributed by atoms with Gasteiger partial charge in [0.1, 0.15) is 11.6 Å². The van der Waals surface area contributed by atoms with Gasteiger partial charge < -0.3 is 10.8 Å². The average Bonchev–Trinajstić information content (AvgIpc) is 2.15. The van der Waals surface area contributed by atoms with Crippen LogP contribution in [0, 0.1) is 11.6 Å². The Kier molecular flexibility index (Phi) is 3.68. The van der Waals surface area contributed by atoms with Gasteiger partial charge in [-0.2, -0.15) is 0 Å². The summed E-state index contributed by atoms with van der Waals surface area (Å²) in [7, 11) is 0. The molecule has 0 aliphatic heterocycles. The molecule has 1 atom stereocenters. The van der Waals surface area contributed by atoms with E-state index in [2.05, 4.69) is 4.98 Å². The molecule has 3 N–H and O–H groups in total. The molecular weight excluding hydrogens is 206 g/mol. The zero-order chi connectivity index (χ0) is 11.4. The lowest BCUT2D eigenvalue weighted by molar-refractivity contribution is -0.137. The van der Waals surface area contributed by atoms with Crippen molar-refractivity contribution in [1.82, 2.24) is 4.98 Å². The first-order valence-electron chi connectivity index (χ1n) is 4.27. The second-order valence-corrected chi connectivity index (χ2v) is 3.05. The predicted octanol–water partition coefficient (Wildman–Crippen LogP) is 0.877. The van der Waals surface area contributed by atoms with Crippen molar-refractivity contribution in [2.75, 3.05) is 6.54 Å². The first-order chi connectivity index (χ1) is 7.06. The Morgan fingerprint density at radius 1 is 1.47 bits per heavy atom. The van der Waals surface area contributed by atoms with E-state index in [9.17, 15) is 13.6 Å². The maximum Gasteiger partial charge on any atom is 0.304 e. The molecule has 0 aliphatic rings. The fraction of sp³-hybridized carbons (Fsp3) is 0.333. The molecule has 0 saturated carbocycles. The van der Waals surface area contributed by atoms with Gasteiger partial charge in [0.05, 0.1) is 18.8 Å². The largest absolute Gasteiger partial charge is 0.481 e. The van der Waals surface area contributed by atoms with Gasteiger partial charge in [0.25, 0.3) is 0 Å². The minimum absolute atomic E-state index is 0.135. The van der Waals surface area contributed by atoms with Crippen molar-refractivity contribution in [2.45, 2.75) is 12.3 Å². The molecule has 1 aromatic rings. The van der Waals surface area contributed by atoms with Crippen LogP contribution in [0.3, 0.4) is 0 Å². The number of carboxylic acid groups (broad SMARTS) is 1. The van der Waals surface area contributed by atoms with Gasteiger partial charge in [-0.3, -0.25) is 9.78 Å². The molecule has 6 heteroatoms. The second-order valence-electron chi connectivity index (χ2n) is 3.05. The van der Waals surface area contributed by atoms with Crippen LogP contribution in [0.4, 0.5) is 8.78 Å². The van der Waals surface area contributed by atoms with Crippen LogP contribution in [0.2, 0.25) is 0 Å². The number of aromatic nitrogens is 1. The molecule has 0 saturated heterocycles. The number of nitrogens with zero attached hydrogens (tertiary/aromatic N) is 1. The predicted molar refractivity (Wildman–Crippen MR) is 48.2 cm³/mol. The van der Waals surface area contributed by atoms with Crippen molar-refractivity contribution >= 4 is 5.97 Å². The van der Waals surface area contributed by atoms with Crippen molar-refractivity contribution in [3.05, 3.63) is 29.6 Å². The maximum absolute atomic E-state index is 13.2. The van der Waals surface area contributed by atoms with Crippen molar-refractivity contribution in [1.29, 1.82) is 0 Å². The third-order valence-corrected chi connectivity index (χ3v) is 2.00. The number of aliphatic carboxylic acids is 1. The smallest absolute Gasteiger partial charge is 0.304 e. The molecule has 1 aromatic heterocycles. The molecule has 0 radical (unpaired) electrons. The van der Waals surface area contributed by atoms with E-state index < -0.39 is 29.9 Å². The van der Waals surface area contributed by atoms with Crippen LogP contribution >= 0.6 is 0 Å². The summed E-state index contributed by atoms with van der Waals surface area (Å²) in [5.74, 6) is -3.76. The molecule has 1 rings (SSSR count). The molecule has 0 amide bonds. The highest BCUT2D eigenvalue weighted by molar-refractivity contribution is 5.68. The first-order valence-corrected chi connectivity index (χ1v) is 4.27. The summed E-state index contributed by atoms with van der Waals surface area (Å²) in [5, 5.41) is 8.54. The lowest BCUT2D eigenvalue weighted by atomic mass is 9.96. The number of carboxylic acids is 1. The van der Waals surface area contributed by atoms with Crippen LogP contribution < -0.4 is 5.73 Å². The number of hydrogen-bond acceptors (Lipinski definition) is 3. The zero-order valence-corrected chi connectivity index (χ0v) is 7.78. The van der Waals surface area contributed by atoms with Gasteiger partial charge in [0.2, 0.25) is 0 Å². The first kappa shape index (κ1) is 11.5. The Morgan fingerprint density at radius 3 is 2.40 bits per heavy atom. The molecule has 0 spiro atoms. The quantitative estimate of drug-likeness (QED) is 0.783. The molecule has 15 heavy (non-hydrogen) atoms. The van der Waals surface area contributed by atoms with E-state index in [4.69, 9.17) is 10.8 Å². The Balaban J connectivity index is 3.05. The molecule has 82 valence electrons. The van der Waals surface area contributed by atoms with Gasteiger partial charge >= 0.3 is 5.97 Å². The normalized spacial score (nSPS) is 12.5. The van der Waals surface area contributed by atoms with E-state index in [-0.39, 0.29) is 12.1 Å². The van der Waals surface area contributed by atoms with Gasteiger partial charge in [0.15, 0.2) is 0 Å². The van der Waals surface area contributed by atoms with Crippen LogP contribution in [-0.2, 0) is 4.79 Å². The van der Waals surface area contributed by atoms with Crippen molar-refractivity contribution in [2.24, 2.45) is 5.73 Å². The fourth-order valence-corrected chi connectivity index (χ4v) is 1.33. The summed E-state index contributed by atoms with van der Waals surface area (Å²) in [4.78, 5) is 13.8. The molecule has 1 heterocycles. The third-order valence-electron chi connectivity index (χ3n) is 2.00. The van der Waals surface area contributed by atoms with Crippen molar-refractivity contribution in [3.63, 3.8) is 0 Å². The number of rotatable bonds is 4. The van der Waals surface area contributed by atoms with E-state index in [1.54, 1.807) is 0 Å². The van der Waals surface area contributed by atoms with Gasteiger partial charge in [-0.15, -0.1) is 0 Å². The molecule has 0 fully saturated rings. The van der Waals surface area contributed by atoms with Crippen LogP contribution in [0.15, 0.2) is 12.4 Å². The standard InChI is InChI=1S/C9H10F2N2O2/c10-6-3-13-4-7(11)9(6)5(2-12)1-8(14)15/h3-5H,1-2,12H2,(H,14,15). The average molecular weight is 216 g/mol. The fourth-order valence-electron chi connectivity index (χ4n) is 1.33. The lowest BCUT2D eigenvalue weighted by Gasteiger charge is -2.13. The number of halogens is 2. The van der Waals surface area contributed by atoms with Gasteiger partial charge in [0, 0.05) is 11.5 Å². The molecule has 0 aromatic carbocycles. The number of carbonyl (C=O) groups is 1. The van der Waals surface area contributed by atoms with E-state index in [0.29, 0.717) is 0 Å². The van der Waals surface area contributed by atoms with Gasteiger partial charge in [-0.05, 0) is 6.54 Å². The Hall–Kier alpha value is -1.56. The molecule has 0 bridgehead atoms. The summed E-state index contributed by atoms with van der Waals surface area (Å²) >= 11 is 0. The van der Waals surface area contributed by atoms with Crippen LogP contribution in [0.25, 0.3) is 0 Å². The van der Waals surface area contributed by atoms with Crippen LogP contribution in [-0.4, -0.2) is 22.6 Å². The maximum atomic E-state index is 13.2. The molecule has 1 unspecified atom stereocenters. The number of nitrogens with two attached hydrogens (primary N) is 1. The minimum Gasteiger partial charge on any atom is -0.481 e. The molecule has 4 nitrogen and oxygen atoms in total. The van der Waals surface area contributed by atoms with E-state index in [1.807, 2.05) is 0 Å². The summed E-state index contributed by atoms with van der Waals surface area (Å²) in [6, 6.07) is 0. The van der Waals surface area contributed by atoms with Gasteiger partial charge in [-0.1, -0.05) is 0 Å². The Labute approximate surface area is 84.7 Å². The number of hydrogen-bond donors (Lipinski definition) is 2. The highest BCUT2D eigenvalue weighted by Crippen LogP contribution is 2.23. The Bertz CT molecular complexity index is 351. The third kappa shape index (κ3) is 2.69. The summed E-state index contributed by atoms with van der Waals surface area (Å²) in [6.07, 6.45) is 1.26. The molecule has 0 aliphatic carbocycles. The zero-order valence-electron chi connectivity index (χ0n) is 7.78. The Morgan fingerprint density at radius 2 is 2.00 bits per heavy atom. The van der Waals surface area contributed by atoms with Gasteiger partial charge in [-0.25, -0.2) is 8.78 Å². The highest BCUT2D eigenvalue weighted by Gasteiger charge is 2.21. The van der Waals surface area contributed by atoms with E-state index in [0.717, 1.165) is 12.4 Å². The van der Waals surface area contributed by atoms with E-state index >= 15 is 0 Å². The summed E-state index contributed by atoms with van der Waals surface area (Å²) < 4.78 is 26.4. The minimum atomic E-state index is -1.15. The topological polar surface area (TPSA) is 76.2 Å². The van der Waals surface area contributed by atoms with E-state index in [1.165, 1.54) is 0 Å². The SMILES string of the molecule is NCC(CC(=O)O)c1c(F)cncc1F. The van der Waals surface area contributed by atoms with Crippen LogP contribution in [0.5, 0.6) is 0 Å². The molecular formula is C9H10F2N2O2. The van der Waals surface area contributed by atoms with Crippen LogP contribution in [0.1, 0.15) is 17.9 Å². The monoisotopic (exact) mass is 216 g/mol. The number of pyridine rings is 1. The summed E-state index contributed by atoms with van der Waals surface area (Å²) in [6.45, 7) is -0.135. The lowest BCUT2D eigenvalue weighted by Crippen LogP contribution is -2.19.